The van der Waals surface area contributed by atoms with E-state index in [1.165, 1.54) is 37.4 Å². The lowest BCUT2D eigenvalue weighted by molar-refractivity contribution is -0.131. The maximum atomic E-state index is 10.4. The molecule has 2 rings (SSSR count). The Morgan fingerprint density at radius 3 is 2.74 bits per heavy atom. The van der Waals surface area contributed by atoms with Crippen LogP contribution in [0.25, 0.3) is 6.08 Å². The summed E-state index contributed by atoms with van der Waals surface area (Å²) in [6.07, 6.45) is 6.72. The van der Waals surface area contributed by atoms with Gasteiger partial charge in [-0.25, -0.2) is 4.79 Å². The van der Waals surface area contributed by atoms with Crippen LogP contribution in [0.4, 0.5) is 0 Å². The Labute approximate surface area is 114 Å². The Balaban J connectivity index is 1.96. The van der Waals surface area contributed by atoms with Crippen LogP contribution in [0.5, 0.6) is 0 Å². The molecule has 1 aliphatic rings. The molecular weight excluding hydrogens is 238 g/mol. The van der Waals surface area contributed by atoms with Crippen molar-refractivity contribution in [2.45, 2.75) is 38.8 Å². The van der Waals surface area contributed by atoms with E-state index in [1.807, 2.05) is 12.1 Å². The Bertz CT molecular complexity index is 450. The highest BCUT2D eigenvalue weighted by molar-refractivity contribution is 5.85. The van der Waals surface area contributed by atoms with Crippen LogP contribution in [0.3, 0.4) is 0 Å². The summed E-state index contributed by atoms with van der Waals surface area (Å²) in [4.78, 5) is 13.0. The molecule has 0 bridgehead atoms. The lowest BCUT2D eigenvalue weighted by Gasteiger charge is -2.33. The highest BCUT2D eigenvalue weighted by Gasteiger charge is 2.17. The van der Waals surface area contributed by atoms with Crippen molar-refractivity contribution in [3.63, 3.8) is 0 Å². The number of aliphatic carboxylic acids is 1. The van der Waals surface area contributed by atoms with Crippen LogP contribution in [0.2, 0.25) is 0 Å². The molecule has 0 amide bonds. The zero-order valence-corrected chi connectivity index (χ0v) is 11.4. The summed E-state index contributed by atoms with van der Waals surface area (Å²) in [6, 6.07) is 8.79. The van der Waals surface area contributed by atoms with Gasteiger partial charge in [0.1, 0.15) is 0 Å². The van der Waals surface area contributed by atoms with Crippen LogP contribution >= 0.6 is 0 Å². The zero-order valence-electron chi connectivity index (χ0n) is 11.4. The molecule has 0 radical (unpaired) electrons. The monoisotopic (exact) mass is 259 g/mol. The lowest BCUT2D eigenvalue weighted by Crippen LogP contribution is -2.36. The van der Waals surface area contributed by atoms with Crippen molar-refractivity contribution in [2.24, 2.45) is 0 Å². The van der Waals surface area contributed by atoms with Crippen LogP contribution in [0.1, 0.15) is 37.3 Å². The third kappa shape index (κ3) is 4.21. The first-order chi connectivity index (χ1) is 9.15. The summed E-state index contributed by atoms with van der Waals surface area (Å²) in [6.45, 7) is 4.47. The van der Waals surface area contributed by atoms with E-state index in [2.05, 4.69) is 24.0 Å². The number of carbonyl (C=O) groups is 1. The molecule has 1 fully saturated rings. The minimum atomic E-state index is -0.911. The molecular formula is C16H21NO2. The molecule has 0 aliphatic carbocycles. The van der Waals surface area contributed by atoms with Crippen molar-refractivity contribution in [3.05, 3.63) is 41.5 Å². The molecule has 3 heteroatoms. The summed E-state index contributed by atoms with van der Waals surface area (Å²) >= 11 is 0. The summed E-state index contributed by atoms with van der Waals surface area (Å²) in [5.74, 6) is -0.911. The fourth-order valence-corrected chi connectivity index (χ4v) is 2.53. The van der Waals surface area contributed by atoms with Gasteiger partial charge in [0.15, 0.2) is 0 Å². The van der Waals surface area contributed by atoms with E-state index in [4.69, 9.17) is 5.11 Å². The molecule has 0 aromatic heterocycles. The Kier molecular flexibility index (Phi) is 4.74. The quantitative estimate of drug-likeness (QED) is 0.844. The van der Waals surface area contributed by atoms with Gasteiger partial charge in [0.25, 0.3) is 0 Å². The second kappa shape index (κ2) is 6.53. The molecule has 0 spiro atoms. The standard InChI is InChI=1S/C16H21NO2/c1-13-4-2-3-11-17(13)12-15-7-5-14(6-8-15)9-10-16(18)19/h5-10,13H,2-4,11-12H2,1H3,(H,18,19)/b10-9+. The van der Waals surface area contributed by atoms with Crippen LogP contribution < -0.4 is 0 Å². The molecule has 1 heterocycles. The molecule has 102 valence electrons. The van der Waals surface area contributed by atoms with E-state index in [9.17, 15) is 4.79 Å². The highest BCUT2D eigenvalue weighted by Crippen LogP contribution is 2.19. The van der Waals surface area contributed by atoms with E-state index in [1.54, 1.807) is 6.08 Å². The van der Waals surface area contributed by atoms with Gasteiger partial charge >= 0.3 is 5.97 Å². The second-order valence-electron chi connectivity index (χ2n) is 5.23. The molecule has 1 aliphatic heterocycles. The largest absolute Gasteiger partial charge is 0.478 e. The van der Waals surface area contributed by atoms with Gasteiger partial charge in [0, 0.05) is 18.7 Å². The van der Waals surface area contributed by atoms with Crippen molar-refractivity contribution in [3.8, 4) is 0 Å². The van der Waals surface area contributed by atoms with Crippen LogP contribution in [-0.4, -0.2) is 28.6 Å². The minimum absolute atomic E-state index is 0.667. The highest BCUT2D eigenvalue weighted by atomic mass is 16.4. The third-order valence-corrected chi connectivity index (χ3v) is 3.72. The molecule has 1 unspecified atom stereocenters. The Hall–Kier alpha value is -1.61. The van der Waals surface area contributed by atoms with Gasteiger partial charge in [-0.05, 0) is 43.5 Å². The molecule has 3 nitrogen and oxygen atoms in total. The van der Waals surface area contributed by atoms with Gasteiger partial charge in [0.2, 0.25) is 0 Å². The number of hydrogen-bond donors (Lipinski definition) is 1. The molecule has 19 heavy (non-hydrogen) atoms. The first kappa shape index (κ1) is 13.8. The smallest absolute Gasteiger partial charge is 0.328 e. The van der Waals surface area contributed by atoms with E-state index in [0.29, 0.717) is 6.04 Å². The molecule has 1 N–H and O–H groups in total. The Morgan fingerprint density at radius 2 is 2.11 bits per heavy atom. The van der Waals surface area contributed by atoms with Gasteiger partial charge in [-0.2, -0.15) is 0 Å². The number of nitrogens with zero attached hydrogens (tertiary/aromatic N) is 1. The normalized spacial score (nSPS) is 20.8. The van der Waals surface area contributed by atoms with Gasteiger partial charge in [0.05, 0.1) is 0 Å². The minimum Gasteiger partial charge on any atom is -0.478 e. The maximum Gasteiger partial charge on any atom is 0.328 e. The second-order valence-corrected chi connectivity index (χ2v) is 5.23. The SMILES string of the molecule is CC1CCCCN1Cc1ccc(/C=C/C(=O)O)cc1. The predicted molar refractivity (Wildman–Crippen MR) is 76.8 cm³/mol. The van der Waals surface area contributed by atoms with E-state index in [0.717, 1.165) is 12.1 Å². The maximum absolute atomic E-state index is 10.4. The van der Waals surface area contributed by atoms with Gasteiger partial charge in [-0.1, -0.05) is 30.7 Å². The van der Waals surface area contributed by atoms with Crippen molar-refractivity contribution in [1.29, 1.82) is 0 Å². The van der Waals surface area contributed by atoms with Gasteiger partial charge in [-0.3, -0.25) is 4.90 Å². The topological polar surface area (TPSA) is 40.5 Å². The fourth-order valence-electron chi connectivity index (χ4n) is 2.53. The molecule has 1 aromatic carbocycles. The first-order valence-electron chi connectivity index (χ1n) is 6.89. The van der Waals surface area contributed by atoms with Crippen LogP contribution in [-0.2, 0) is 11.3 Å². The van der Waals surface area contributed by atoms with Crippen LogP contribution in [0.15, 0.2) is 30.3 Å². The van der Waals surface area contributed by atoms with Crippen molar-refractivity contribution in [2.75, 3.05) is 6.54 Å². The number of piperidine rings is 1. The average Bonchev–Trinajstić information content (AvgIpc) is 2.40. The zero-order chi connectivity index (χ0) is 13.7. The van der Waals surface area contributed by atoms with Gasteiger partial charge in [-0.15, -0.1) is 0 Å². The predicted octanol–water partition coefficient (Wildman–Crippen LogP) is 3.16. The molecule has 1 aromatic rings. The number of benzene rings is 1. The average molecular weight is 259 g/mol. The molecule has 1 atom stereocenters. The number of carboxylic acids is 1. The lowest BCUT2D eigenvalue weighted by atomic mass is 10.0. The first-order valence-corrected chi connectivity index (χ1v) is 6.89. The van der Waals surface area contributed by atoms with Crippen molar-refractivity contribution >= 4 is 12.0 Å². The number of likely N-dealkylation sites (tertiary alicyclic amines) is 1. The number of rotatable bonds is 4. The Morgan fingerprint density at radius 1 is 1.37 bits per heavy atom. The van der Waals surface area contributed by atoms with Gasteiger partial charge < -0.3 is 5.11 Å². The number of carboxylic acid groups (broad SMARTS) is 1. The van der Waals surface area contributed by atoms with Crippen molar-refractivity contribution in [1.82, 2.24) is 4.90 Å². The van der Waals surface area contributed by atoms with Crippen LogP contribution in [0, 0.1) is 0 Å². The molecule has 1 saturated heterocycles. The molecule has 0 saturated carbocycles. The summed E-state index contributed by atoms with van der Waals surface area (Å²) < 4.78 is 0. The summed E-state index contributed by atoms with van der Waals surface area (Å²) in [5, 5.41) is 8.58. The fraction of sp³-hybridized carbons (Fsp3) is 0.438. The van der Waals surface area contributed by atoms with E-state index >= 15 is 0 Å². The van der Waals surface area contributed by atoms with E-state index < -0.39 is 5.97 Å². The van der Waals surface area contributed by atoms with E-state index in [-0.39, 0.29) is 0 Å². The summed E-state index contributed by atoms with van der Waals surface area (Å²) in [5.41, 5.74) is 2.22. The third-order valence-electron chi connectivity index (χ3n) is 3.72. The summed E-state index contributed by atoms with van der Waals surface area (Å²) in [7, 11) is 0. The number of hydrogen-bond acceptors (Lipinski definition) is 2. The van der Waals surface area contributed by atoms with Crippen molar-refractivity contribution < 1.29 is 9.90 Å².